The molecule has 1 aliphatic carbocycles. The van der Waals surface area contributed by atoms with Crippen LogP contribution in [0.15, 0.2) is 48.7 Å². The van der Waals surface area contributed by atoms with E-state index in [4.69, 9.17) is 16.3 Å². The maximum absolute atomic E-state index is 13.0. The molecule has 1 unspecified atom stereocenters. The predicted molar refractivity (Wildman–Crippen MR) is 120 cm³/mol. The van der Waals surface area contributed by atoms with Gasteiger partial charge < -0.3 is 10.1 Å². The number of rotatable bonds is 5. The molecule has 2 aromatic carbocycles. The van der Waals surface area contributed by atoms with Gasteiger partial charge in [-0.2, -0.15) is 0 Å². The Labute approximate surface area is 186 Å². The third-order valence-corrected chi connectivity index (χ3v) is 6.48. The number of hydrogen-bond acceptors (Lipinski definition) is 4. The fourth-order valence-corrected chi connectivity index (χ4v) is 4.47. The molecule has 1 N–H and O–H groups in total. The number of aryl methyl sites for hydroxylation is 2. The molecule has 2 aliphatic rings. The van der Waals surface area contributed by atoms with E-state index in [1.807, 2.05) is 50.2 Å². The molecule has 0 bridgehead atoms. The van der Waals surface area contributed by atoms with E-state index < -0.39 is 5.41 Å². The van der Waals surface area contributed by atoms with Gasteiger partial charge in [-0.1, -0.05) is 35.9 Å². The number of hydrogen-bond donors (Lipinski definition) is 1. The second-order valence-corrected chi connectivity index (χ2v) is 8.92. The van der Waals surface area contributed by atoms with Crippen molar-refractivity contribution in [2.75, 3.05) is 6.54 Å². The minimum absolute atomic E-state index is 0.0648. The molecule has 0 saturated heterocycles. The molecule has 1 amide bonds. The molecule has 5 nitrogen and oxygen atoms in total. The molecule has 3 aromatic rings. The van der Waals surface area contributed by atoms with Crippen LogP contribution in [0.5, 0.6) is 5.75 Å². The van der Waals surface area contributed by atoms with Crippen LogP contribution < -0.4 is 10.1 Å². The minimum atomic E-state index is -0.421. The number of halogens is 1. The lowest BCUT2D eigenvalue weighted by molar-refractivity contribution is -0.123. The van der Waals surface area contributed by atoms with E-state index in [0.29, 0.717) is 11.6 Å². The van der Waals surface area contributed by atoms with Gasteiger partial charge in [0.05, 0.1) is 29.0 Å². The highest BCUT2D eigenvalue weighted by Crippen LogP contribution is 2.48. The summed E-state index contributed by atoms with van der Waals surface area (Å²) in [5.74, 6) is 0.915. The average molecular weight is 434 g/mol. The van der Waals surface area contributed by atoms with Crippen LogP contribution in [0.1, 0.15) is 35.4 Å². The first kappa shape index (κ1) is 20.0. The number of benzene rings is 2. The maximum atomic E-state index is 13.0. The maximum Gasteiger partial charge on any atom is 0.230 e. The van der Waals surface area contributed by atoms with Gasteiger partial charge >= 0.3 is 0 Å². The lowest BCUT2D eigenvalue weighted by Crippen LogP contribution is -2.40. The number of nitrogens with zero attached hydrogens (tertiary/aromatic N) is 2. The molecular weight excluding hydrogens is 410 g/mol. The van der Waals surface area contributed by atoms with E-state index in [0.717, 1.165) is 58.8 Å². The molecule has 2 heterocycles. The topological polar surface area (TPSA) is 64.1 Å². The van der Waals surface area contributed by atoms with Crippen molar-refractivity contribution >= 4 is 17.5 Å². The van der Waals surface area contributed by atoms with Crippen LogP contribution in [-0.4, -0.2) is 28.5 Å². The highest BCUT2D eigenvalue weighted by molar-refractivity contribution is 6.30. The van der Waals surface area contributed by atoms with Crippen molar-refractivity contribution in [3.8, 4) is 17.0 Å². The number of ether oxygens (including phenoxy) is 1. The Kier molecular flexibility index (Phi) is 4.94. The van der Waals surface area contributed by atoms with E-state index in [1.54, 1.807) is 6.20 Å². The Balaban J connectivity index is 1.30. The van der Waals surface area contributed by atoms with Gasteiger partial charge in [0.15, 0.2) is 0 Å². The van der Waals surface area contributed by atoms with Crippen molar-refractivity contribution in [2.45, 2.75) is 44.6 Å². The number of carbonyl (C=O) groups excluding carboxylic acids is 1. The van der Waals surface area contributed by atoms with E-state index in [-0.39, 0.29) is 12.0 Å². The Bertz CT molecular complexity index is 1160. The number of carbonyl (C=O) groups is 1. The molecule has 31 heavy (non-hydrogen) atoms. The summed E-state index contributed by atoms with van der Waals surface area (Å²) in [5, 5.41) is 3.81. The normalized spacial score (nSPS) is 18.2. The quantitative estimate of drug-likeness (QED) is 0.640. The van der Waals surface area contributed by atoms with Crippen molar-refractivity contribution in [2.24, 2.45) is 0 Å². The van der Waals surface area contributed by atoms with Crippen molar-refractivity contribution in [3.63, 3.8) is 0 Å². The summed E-state index contributed by atoms with van der Waals surface area (Å²) < 4.78 is 6.29. The second kappa shape index (κ2) is 7.65. The highest BCUT2D eigenvalue weighted by atomic mass is 35.5. The van der Waals surface area contributed by atoms with E-state index in [2.05, 4.69) is 21.4 Å². The Morgan fingerprint density at radius 1 is 1.19 bits per heavy atom. The molecule has 1 saturated carbocycles. The summed E-state index contributed by atoms with van der Waals surface area (Å²) in [6, 6.07) is 13.7. The number of aromatic nitrogens is 2. The summed E-state index contributed by atoms with van der Waals surface area (Å²) in [6.07, 6.45) is 4.16. The number of fused-ring (bicyclic) bond motifs is 1. The van der Waals surface area contributed by atoms with Gasteiger partial charge in [-0.05, 0) is 56.0 Å². The summed E-state index contributed by atoms with van der Waals surface area (Å²) in [6.45, 7) is 4.37. The van der Waals surface area contributed by atoms with E-state index in [1.165, 1.54) is 0 Å². The molecule has 6 heteroatoms. The van der Waals surface area contributed by atoms with Gasteiger partial charge in [0.25, 0.3) is 0 Å². The molecule has 0 radical (unpaired) electrons. The molecule has 1 atom stereocenters. The van der Waals surface area contributed by atoms with Crippen LogP contribution in [0.4, 0.5) is 0 Å². The van der Waals surface area contributed by atoms with Crippen LogP contribution in [0.2, 0.25) is 5.02 Å². The van der Waals surface area contributed by atoms with E-state index >= 15 is 0 Å². The lowest BCUT2D eigenvalue weighted by atomic mass is 9.95. The van der Waals surface area contributed by atoms with Crippen LogP contribution in [0, 0.1) is 13.8 Å². The molecule has 158 valence electrons. The number of para-hydroxylation sites is 1. The lowest BCUT2D eigenvalue weighted by Gasteiger charge is -2.18. The van der Waals surface area contributed by atoms with Crippen LogP contribution in [0.3, 0.4) is 0 Å². The molecule has 5 rings (SSSR count). The number of nitrogens with one attached hydrogen (secondary N) is 1. The fourth-order valence-electron chi connectivity index (χ4n) is 4.35. The van der Waals surface area contributed by atoms with Gasteiger partial charge in [0.1, 0.15) is 11.9 Å². The average Bonchev–Trinajstić information content (AvgIpc) is 3.47. The predicted octanol–water partition coefficient (Wildman–Crippen LogP) is 4.57. The Morgan fingerprint density at radius 2 is 1.97 bits per heavy atom. The molecule has 1 aromatic heterocycles. The van der Waals surface area contributed by atoms with Crippen LogP contribution >= 0.6 is 11.6 Å². The van der Waals surface area contributed by atoms with Crippen molar-refractivity contribution in [1.29, 1.82) is 0 Å². The largest absolute Gasteiger partial charge is 0.487 e. The summed E-state index contributed by atoms with van der Waals surface area (Å²) in [7, 11) is 0. The SMILES string of the molecule is Cc1cnc(C)c(-c2cccc3c2OC(CNC(=O)C2(c4ccc(Cl)cc4)CC2)C3)n1. The Hall–Kier alpha value is -2.92. The Morgan fingerprint density at radius 3 is 2.71 bits per heavy atom. The van der Waals surface area contributed by atoms with Gasteiger partial charge in [-0.25, -0.2) is 4.98 Å². The summed E-state index contributed by atoms with van der Waals surface area (Å²) in [4.78, 5) is 22.1. The highest BCUT2D eigenvalue weighted by Gasteiger charge is 2.51. The van der Waals surface area contributed by atoms with E-state index in [9.17, 15) is 4.79 Å². The van der Waals surface area contributed by atoms with Gasteiger partial charge in [-0.3, -0.25) is 9.78 Å². The van der Waals surface area contributed by atoms with Crippen molar-refractivity contribution in [3.05, 3.63) is 76.2 Å². The van der Waals surface area contributed by atoms with Crippen LogP contribution in [-0.2, 0) is 16.6 Å². The standard InChI is InChI=1S/C25H24ClN3O2/c1-15-13-27-16(2)22(29-15)21-5-3-4-17-12-20(31-23(17)21)14-28-24(30)25(10-11-25)18-6-8-19(26)9-7-18/h3-9,13,20H,10-12,14H2,1-2H3,(H,28,30). The fraction of sp³-hybridized carbons (Fsp3) is 0.320. The first-order valence-corrected chi connectivity index (χ1v) is 11.0. The van der Waals surface area contributed by atoms with Gasteiger partial charge in [0.2, 0.25) is 5.91 Å². The third-order valence-electron chi connectivity index (χ3n) is 6.23. The first-order chi connectivity index (χ1) is 15.0. The molecular formula is C25H24ClN3O2. The zero-order valence-electron chi connectivity index (χ0n) is 17.6. The second-order valence-electron chi connectivity index (χ2n) is 8.48. The minimum Gasteiger partial charge on any atom is -0.487 e. The third kappa shape index (κ3) is 3.68. The van der Waals surface area contributed by atoms with Crippen molar-refractivity contribution in [1.82, 2.24) is 15.3 Å². The zero-order chi connectivity index (χ0) is 21.6. The number of amides is 1. The molecule has 1 aliphatic heterocycles. The van der Waals surface area contributed by atoms with Crippen LogP contribution in [0.25, 0.3) is 11.3 Å². The zero-order valence-corrected chi connectivity index (χ0v) is 18.4. The monoisotopic (exact) mass is 433 g/mol. The van der Waals surface area contributed by atoms with Crippen molar-refractivity contribution < 1.29 is 9.53 Å². The molecule has 0 spiro atoms. The smallest absolute Gasteiger partial charge is 0.230 e. The summed E-state index contributed by atoms with van der Waals surface area (Å²) in [5.41, 5.74) is 5.30. The summed E-state index contributed by atoms with van der Waals surface area (Å²) >= 11 is 6.00. The van der Waals surface area contributed by atoms with Gasteiger partial charge in [0, 0.05) is 23.2 Å². The molecule has 1 fully saturated rings. The first-order valence-electron chi connectivity index (χ1n) is 10.6. The van der Waals surface area contributed by atoms with Gasteiger partial charge in [-0.15, -0.1) is 0 Å².